The summed E-state index contributed by atoms with van der Waals surface area (Å²) in [7, 11) is 1.36. The molecule has 2 aromatic heterocycles. The Morgan fingerprint density at radius 3 is 2.70 bits per heavy atom. The van der Waals surface area contributed by atoms with E-state index in [4.69, 9.17) is 20.8 Å². The lowest BCUT2D eigenvalue weighted by molar-refractivity contribution is 0.0600. The Hall–Kier alpha value is -2.35. The summed E-state index contributed by atoms with van der Waals surface area (Å²) >= 11 is 9.42. The van der Waals surface area contributed by atoms with Crippen LogP contribution in [0.3, 0.4) is 0 Å². The van der Waals surface area contributed by atoms with E-state index in [9.17, 15) is 4.79 Å². The van der Waals surface area contributed by atoms with Gasteiger partial charge >= 0.3 is 5.97 Å². The molecule has 5 nitrogen and oxygen atoms in total. The Morgan fingerprint density at radius 1 is 1.19 bits per heavy atom. The summed E-state index contributed by atoms with van der Waals surface area (Å²) < 4.78 is 11.5. The number of benzene rings is 2. The molecule has 136 valence electrons. The van der Waals surface area contributed by atoms with Gasteiger partial charge < -0.3 is 9.15 Å². The van der Waals surface area contributed by atoms with E-state index in [0.29, 0.717) is 27.5 Å². The van der Waals surface area contributed by atoms with Crippen LogP contribution in [0.15, 0.2) is 58.2 Å². The lowest BCUT2D eigenvalue weighted by Crippen LogP contribution is -2.00. The second kappa shape index (κ2) is 7.72. The molecule has 0 saturated carbocycles. The smallest absolute Gasteiger partial charge is 0.337 e. The molecular formula is C19H13ClN2O3S2. The monoisotopic (exact) mass is 416 g/mol. The molecule has 0 aliphatic heterocycles. The van der Waals surface area contributed by atoms with Gasteiger partial charge in [0.2, 0.25) is 0 Å². The summed E-state index contributed by atoms with van der Waals surface area (Å²) in [6.45, 7) is 0. The minimum absolute atomic E-state index is 0.351. The lowest BCUT2D eigenvalue weighted by atomic mass is 10.1. The van der Waals surface area contributed by atoms with Crippen LogP contribution in [0.5, 0.6) is 0 Å². The van der Waals surface area contributed by atoms with Gasteiger partial charge in [0.1, 0.15) is 4.88 Å². The van der Waals surface area contributed by atoms with Crippen molar-refractivity contribution >= 4 is 50.8 Å². The van der Waals surface area contributed by atoms with Crippen LogP contribution in [0.2, 0.25) is 5.02 Å². The topological polar surface area (TPSA) is 65.2 Å². The molecule has 0 N–H and O–H groups in total. The van der Waals surface area contributed by atoms with Gasteiger partial charge in [-0.25, -0.2) is 4.79 Å². The first kappa shape index (κ1) is 18.0. The molecule has 0 saturated heterocycles. The van der Waals surface area contributed by atoms with Gasteiger partial charge in [0.25, 0.3) is 11.1 Å². The highest BCUT2D eigenvalue weighted by atomic mass is 35.5. The number of esters is 1. The van der Waals surface area contributed by atoms with Crippen molar-refractivity contribution in [3.63, 3.8) is 0 Å². The molecular weight excluding hydrogens is 404 g/mol. The molecule has 27 heavy (non-hydrogen) atoms. The van der Waals surface area contributed by atoms with Crippen molar-refractivity contribution in [2.45, 2.75) is 11.0 Å². The third-order valence-electron chi connectivity index (χ3n) is 3.87. The summed E-state index contributed by atoms with van der Waals surface area (Å²) in [5.41, 5.74) is 1.55. The number of carbonyl (C=O) groups is 1. The maximum atomic E-state index is 11.5. The van der Waals surface area contributed by atoms with Crippen molar-refractivity contribution in [1.82, 2.24) is 10.2 Å². The maximum Gasteiger partial charge on any atom is 0.337 e. The Bertz CT molecular complexity index is 1110. The Balaban J connectivity index is 1.48. The number of hydrogen-bond donors (Lipinski definition) is 0. The average molecular weight is 417 g/mol. The molecule has 2 heterocycles. The standard InChI is InChI=1S/C19H13ClN2O3S2/c1-24-18(23)12-8-6-11(7-9-12)10-26-19-22-21-17(25-19)16-15(20)13-4-2-3-5-14(13)27-16/h2-9H,10H2,1H3. The molecule has 0 radical (unpaired) electrons. The highest BCUT2D eigenvalue weighted by Crippen LogP contribution is 2.41. The van der Waals surface area contributed by atoms with E-state index in [0.717, 1.165) is 20.5 Å². The van der Waals surface area contributed by atoms with Crippen LogP contribution in [-0.2, 0) is 10.5 Å². The van der Waals surface area contributed by atoms with Crippen molar-refractivity contribution in [2.24, 2.45) is 0 Å². The average Bonchev–Trinajstić information content (AvgIpc) is 3.31. The van der Waals surface area contributed by atoms with Crippen LogP contribution in [0.4, 0.5) is 0 Å². The van der Waals surface area contributed by atoms with Crippen LogP contribution < -0.4 is 0 Å². The zero-order chi connectivity index (χ0) is 18.8. The number of rotatable bonds is 5. The second-order valence-electron chi connectivity index (χ2n) is 5.59. The first-order valence-electron chi connectivity index (χ1n) is 7.96. The van der Waals surface area contributed by atoms with Gasteiger partial charge in [-0.05, 0) is 23.8 Å². The maximum absolute atomic E-state index is 11.5. The molecule has 0 spiro atoms. The highest BCUT2D eigenvalue weighted by molar-refractivity contribution is 7.98. The molecule has 0 aliphatic carbocycles. The zero-order valence-electron chi connectivity index (χ0n) is 14.1. The number of aromatic nitrogens is 2. The second-order valence-corrected chi connectivity index (χ2v) is 7.95. The normalized spacial score (nSPS) is 11.0. The Kier molecular flexibility index (Phi) is 5.15. The minimum Gasteiger partial charge on any atom is -0.465 e. The first-order chi connectivity index (χ1) is 13.2. The summed E-state index contributed by atoms with van der Waals surface area (Å²) in [4.78, 5) is 12.2. The third kappa shape index (κ3) is 3.71. The third-order valence-corrected chi connectivity index (χ3v) is 6.43. The van der Waals surface area contributed by atoms with Crippen molar-refractivity contribution in [2.75, 3.05) is 7.11 Å². The van der Waals surface area contributed by atoms with E-state index in [1.165, 1.54) is 30.2 Å². The fourth-order valence-electron chi connectivity index (χ4n) is 2.51. The molecule has 0 unspecified atom stereocenters. The van der Waals surface area contributed by atoms with E-state index in [1.54, 1.807) is 12.1 Å². The minimum atomic E-state index is -0.351. The molecule has 0 amide bonds. The Labute approximate surface area is 168 Å². The summed E-state index contributed by atoms with van der Waals surface area (Å²) in [5.74, 6) is 0.712. The van der Waals surface area contributed by atoms with Gasteiger partial charge in [0, 0.05) is 15.8 Å². The fraction of sp³-hybridized carbons (Fsp3) is 0.105. The van der Waals surface area contributed by atoms with Gasteiger partial charge in [-0.15, -0.1) is 21.5 Å². The van der Waals surface area contributed by atoms with Gasteiger partial charge in [0.05, 0.1) is 17.7 Å². The van der Waals surface area contributed by atoms with Crippen molar-refractivity contribution < 1.29 is 13.9 Å². The number of fused-ring (bicyclic) bond motifs is 1. The van der Waals surface area contributed by atoms with Gasteiger partial charge in [0.15, 0.2) is 0 Å². The molecule has 0 atom stereocenters. The molecule has 4 rings (SSSR count). The summed E-state index contributed by atoms with van der Waals surface area (Å²) in [6.07, 6.45) is 0. The zero-order valence-corrected chi connectivity index (χ0v) is 16.5. The molecule has 0 bridgehead atoms. The van der Waals surface area contributed by atoms with Crippen LogP contribution in [0, 0.1) is 0 Å². The Morgan fingerprint density at radius 2 is 1.96 bits per heavy atom. The van der Waals surface area contributed by atoms with Crippen LogP contribution >= 0.6 is 34.7 Å². The van der Waals surface area contributed by atoms with E-state index >= 15 is 0 Å². The SMILES string of the molecule is COC(=O)c1ccc(CSc2nnc(-c3sc4ccccc4c3Cl)o2)cc1. The van der Waals surface area contributed by atoms with Gasteiger partial charge in [-0.3, -0.25) is 0 Å². The van der Waals surface area contributed by atoms with Gasteiger partial charge in [-0.1, -0.05) is 53.7 Å². The molecule has 0 fully saturated rings. The number of carbonyl (C=O) groups excluding carboxylic acids is 1. The summed E-state index contributed by atoms with van der Waals surface area (Å²) in [6, 6.07) is 15.1. The summed E-state index contributed by atoms with van der Waals surface area (Å²) in [5, 5.41) is 10.3. The van der Waals surface area contributed by atoms with Gasteiger partial charge in [-0.2, -0.15) is 0 Å². The number of thiophene rings is 1. The predicted molar refractivity (Wildman–Crippen MR) is 107 cm³/mol. The highest BCUT2D eigenvalue weighted by Gasteiger charge is 2.17. The number of nitrogens with zero attached hydrogens (tertiary/aromatic N) is 2. The largest absolute Gasteiger partial charge is 0.465 e. The first-order valence-corrected chi connectivity index (χ1v) is 10.1. The molecule has 8 heteroatoms. The van der Waals surface area contributed by atoms with Crippen LogP contribution in [0.25, 0.3) is 20.9 Å². The van der Waals surface area contributed by atoms with Crippen molar-refractivity contribution in [3.05, 3.63) is 64.7 Å². The van der Waals surface area contributed by atoms with Crippen LogP contribution in [0.1, 0.15) is 15.9 Å². The number of methoxy groups -OCH3 is 1. The lowest BCUT2D eigenvalue weighted by Gasteiger charge is -2.01. The van der Waals surface area contributed by atoms with Crippen LogP contribution in [-0.4, -0.2) is 23.3 Å². The molecule has 0 aliphatic rings. The number of thioether (sulfide) groups is 1. The number of hydrogen-bond acceptors (Lipinski definition) is 7. The van der Waals surface area contributed by atoms with E-state index in [-0.39, 0.29) is 5.97 Å². The predicted octanol–water partition coefficient (Wildman–Crippen LogP) is 5.68. The fourth-order valence-corrected chi connectivity index (χ4v) is 4.66. The van der Waals surface area contributed by atoms with E-state index in [2.05, 4.69) is 10.2 Å². The van der Waals surface area contributed by atoms with Crippen molar-refractivity contribution in [1.29, 1.82) is 0 Å². The quantitative estimate of drug-likeness (QED) is 0.308. The van der Waals surface area contributed by atoms with Crippen molar-refractivity contribution in [3.8, 4) is 10.8 Å². The number of ether oxygens (including phenoxy) is 1. The number of halogens is 1. The van der Waals surface area contributed by atoms with E-state index in [1.807, 2.05) is 36.4 Å². The molecule has 4 aromatic rings. The van der Waals surface area contributed by atoms with E-state index < -0.39 is 0 Å². The molecule has 2 aromatic carbocycles.